The third kappa shape index (κ3) is 2.32. The molecule has 2 rings (SSSR count). The van der Waals surface area contributed by atoms with E-state index in [1.165, 1.54) is 16.7 Å². The molecule has 1 saturated heterocycles. The van der Waals surface area contributed by atoms with E-state index in [1.54, 1.807) is 0 Å². The van der Waals surface area contributed by atoms with Gasteiger partial charge in [0, 0.05) is 6.54 Å². The Kier molecular flexibility index (Phi) is 2.96. The summed E-state index contributed by atoms with van der Waals surface area (Å²) < 4.78 is 6.01. The van der Waals surface area contributed by atoms with Crippen molar-refractivity contribution in [3.8, 4) is 5.75 Å². The first-order valence-corrected chi connectivity index (χ1v) is 5.62. The molecule has 1 heterocycles. The van der Waals surface area contributed by atoms with Crippen molar-refractivity contribution in [3.63, 3.8) is 0 Å². The third-order valence-corrected chi connectivity index (χ3v) is 3.07. The van der Waals surface area contributed by atoms with Crippen molar-refractivity contribution in [2.45, 2.75) is 33.3 Å². The number of hydrogen-bond donors (Lipinski definition) is 1. The van der Waals surface area contributed by atoms with E-state index in [9.17, 15) is 0 Å². The van der Waals surface area contributed by atoms with Gasteiger partial charge in [-0.15, -0.1) is 0 Å². The summed E-state index contributed by atoms with van der Waals surface area (Å²) in [6, 6.07) is 4.34. The summed E-state index contributed by atoms with van der Waals surface area (Å²) in [7, 11) is 0. The SMILES string of the molecule is Cc1cc(C)c(C)c(O[C@@H]2CCNC2)c1. The van der Waals surface area contributed by atoms with Crippen LogP contribution in [0.2, 0.25) is 0 Å². The Morgan fingerprint density at radius 2 is 2.07 bits per heavy atom. The molecule has 0 aliphatic carbocycles. The third-order valence-electron chi connectivity index (χ3n) is 3.07. The van der Waals surface area contributed by atoms with E-state index in [2.05, 4.69) is 38.2 Å². The first kappa shape index (κ1) is 10.5. The van der Waals surface area contributed by atoms with Gasteiger partial charge in [0.25, 0.3) is 0 Å². The predicted octanol–water partition coefficient (Wildman–Crippen LogP) is 2.35. The van der Waals surface area contributed by atoms with Crippen molar-refractivity contribution in [2.75, 3.05) is 13.1 Å². The summed E-state index contributed by atoms with van der Waals surface area (Å²) >= 11 is 0. The highest BCUT2D eigenvalue weighted by Crippen LogP contribution is 2.25. The predicted molar refractivity (Wildman–Crippen MR) is 62.6 cm³/mol. The van der Waals surface area contributed by atoms with Gasteiger partial charge in [0.15, 0.2) is 0 Å². The van der Waals surface area contributed by atoms with Crippen LogP contribution in [0.15, 0.2) is 12.1 Å². The van der Waals surface area contributed by atoms with Crippen LogP contribution in [0.5, 0.6) is 5.75 Å². The molecule has 1 atom stereocenters. The molecule has 0 saturated carbocycles. The zero-order chi connectivity index (χ0) is 10.8. The lowest BCUT2D eigenvalue weighted by atomic mass is 10.1. The average Bonchev–Trinajstić information content (AvgIpc) is 2.66. The van der Waals surface area contributed by atoms with Gasteiger partial charge in [-0.2, -0.15) is 0 Å². The van der Waals surface area contributed by atoms with Crippen molar-refractivity contribution >= 4 is 0 Å². The lowest BCUT2D eigenvalue weighted by Gasteiger charge is -2.16. The molecule has 15 heavy (non-hydrogen) atoms. The summed E-state index contributed by atoms with van der Waals surface area (Å²) in [5.74, 6) is 1.06. The van der Waals surface area contributed by atoms with E-state index in [-0.39, 0.29) is 0 Å². The smallest absolute Gasteiger partial charge is 0.123 e. The van der Waals surface area contributed by atoms with Crippen LogP contribution in [-0.2, 0) is 0 Å². The fourth-order valence-corrected chi connectivity index (χ4v) is 2.03. The van der Waals surface area contributed by atoms with E-state index in [1.807, 2.05) is 0 Å². The van der Waals surface area contributed by atoms with Crippen LogP contribution in [0.1, 0.15) is 23.1 Å². The molecule has 1 fully saturated rings. The molecule has 1 aliphatic heterocycles. The zero-order valence-corrected chi connectivity index (χ0v) is 9.76. The second-order valence-electron chi connectivity index (χ2n) is 4.44. The van der Waals surface area contributed by atoms with Crippen molar-refractivity contribution in [2.24, 2.45) is 0 Å². The van der Waals surface area contributed by atoms with Crippen molar-refractivity contribution in [3.05, 3.63) is 28.8 Å². The maximum Gasteiger partial charge on any atom is 0.123 e. The molecular weight excluding hydrogens is 186 g/mol. The van der Waals surface area contributed by atoms with Crippen LogP contribution < -0.4 is 10.1 Å². The summed E-state index contributed by atoms with van der Waals surface area (Å²) in [5.41, 5.74) is 3.86. The minimum Gasteiger partial charge on any atom is -0.489 e. The van der Waals surface area contributed by atoms with E-state index < -0.39 is 0 Å². The van der Waals surface area contributed by atoms with E-state index in [0.29, 0.717) is 6.10 Å². The van der Waals surface area contributed by atoms with Crippen LogP contribution in [0.3, 0.4) is 0 Å². The van der Waals surface area contributed by atoms with E-state index >= 15 is 0 Å². The minimum absolute atomic E-state index is 0.352. The highest BCUT2D eigenvalue weighted by Gasteiger charge is 2.17. The number of hydrogen-bond acceptors (Lipinski definition) is 2. The molecule has 1 aliphatic rings. The number of rotatable bonds is 2. The largest absolute Gasteiger partial charge is 0.489 e. The van der Waals surface area contributed by atoms with Crippen LogP contribution in [0.4, 0.5) is 0 Å². The highest BCUT2D eigenvalue weighted by atomic mass is 16.5. The van der Waals surface area contributed by atoms with Crippen LogP contribution in [-0.4, -0.2) is 19.2 Å². The Hall–Kier alpha value is -1.02. The second kappa shape index (κ2) is 4.23. The van der Waals surface area contributed by atoms with Crippen LogP contribution in [0, 0.1) is 20.8 Å². The maximum atomic E-state index is 6.01. The lowest BCUT2D eigenvalue weighted by molar-refractivity contribution is 0.221. The fourth-order valence-electron chi connectivity index (χ4n) is 2.03. The van der Waals surface area contributed by atoms with Gasteiger partial charge in [0.2, 0.25) is 0 Å². The summed E-state index contributed by atoms with van der Waals surface area (Å²) in [5, 5.41) is 3.32. The molecular formula is C13H19NO. The fraction of sp³-hybridized carbons (Fsp3) is 0.538. The van der Waals surface area contributed by atoms with E-state index in [0.717, 1.165) is 25.3 Å². The van der Waals surface area contributed by atoms with Crippen molar-refractivity contribution in [1.29, 1.82) is 0 Å². The molecule has 0 spiro atoms. The number of nitrogens with one attached hydrogen (secondary N) is 1. The van der Waals surface area contributed by atoms with Crippen molar-refractivity contribution in [1.82, 2.24) is 5.32 Å². The van der Waals surface area contributed by atoms with Crippen LogP contribution in [0.25, 0.3) is 0 Å². The number of benzene rings is 1. The van der Waals surface area contributed by atoms with Gasteiger partial charge in [-0.1, -0.05) is 6.07 Å². The van der Waals surface area contributed by atoms with Gasteiger partial charge in [-0.25, -0.2) is 0 Å². The van der Waals surface area contributed by atoms with Crippen LogP contribution >= 0.6 is 0 Å². The topological polar surface area (TPSA) is 21.3 Å². The summed E-state index contributed by atoms with van der Waals surface area (Å²) in [6.45, 7) is 8.45. The molecule has 0 bridgehead atoms. The first-order chi connectivity index (χ1) is 7.16. The van der Waals surface area contributed by atoms with Gasteiger partial charge in [0.1, 0.15) is 11.9 Å². The molecule has 0 aromatic heterocycles. The molecule has 0 radical (unpaired) electrons. The standard InChI is InChI=1S/C13H19NO/c1-9-6-10(2)11(3)13(7-9)15-12-4-5-14-8-12/h6-7,12,14H,4-5,8H2,1-3H3/t12-/m1/s1. The highest BCUT2D eigenvalue weighted by molar-refractivity contribution is 5.42. The zero-order valence-electron chi connectivity index (χ0n) is 9.76. The van der Waals surface area contributed by atoms with Gasteiger partial charge < -0.3 is 10.1 Å². The Bertz CT molecular complexity index is 354. The summed E-state index contributed by atoms with van der Waals surface area (Å²) in [4.78, 5) is 0. The van der Waals surface area contributed by atoms with Gasteiger partial charge in [-0.3, -0.25) is 0 Å². The molecule has 1 N–H and O–H groups in total. The Morgan fingerprint density at radius 3 is 2.73 bits per heavy atom. The van der Waals surface area contributed by atoms with E-state index in [4.69, 9.17) is 4.74 Å². The first-order valence-electron chi connectivity index (χ1n) is 5.62. The molecule has 2 nitrogen and oxygen atoms in total. The molecule has 82 valence electrons. The Balaban J connectivity index is 2.19. The second-order valence-corrected chi connectivity index (χ2v) is 4.44. The average molecular weight is 205 g/mol. The monoisotopic (exact) mass is 205 g/mol. The molecule has 1 aromatic carbocycles. The summed E-state index contributed by atoms with van der Waals surface area (Å²) in [6.07, 6.45) is 1.47. The minimum atomic E-state index is 0.352. The molecule has 0 amide bonds. The Labute approximate surface area is 91.6 Å². The number of ether oxygens (including phenoxy) is 1. The van der Waals surface area contributed by atoms with Crippen molar-refractivity contribution < 1.29 is 4.74 Å². The van der Waals surface area contributed by atoms with Gasteiger partial charge in [-0.05, 0) is 56.5 Å². The molecule has 0 unspecified atom stereocenters. The van der Waals surface area contributed by atoms with Gasteiger partial charge in [0.05, 0.1) is 0 Å². The number of aryl methyl sites for hydroxylation is 2. The molecule has 2 heteroatoms. The lowest BCUT2D eigenvalue weighted by Crippen LogP contribution is -2.20. The maximum absolute atomic E-state index is 6.01. The van der Waals surface area contributed by atoms with Gasteiger partial charge >= 0.3 is 0 Å². The molecule has 1 aromatic rings. The quantitative estimate of drug-likeness (QED) is 0.800. The normalized spacial score (nSPS) is 20.6. The Morgan fingerprint density at radius 1 is 1.27 bits per heavy atom.